The van der Waals surface area contributed by atoms with Crippen LogP contribution in [-0.4, -0.2) is 109 Å². The predicted octanol–water partition coefficient (Wildman–Crippen LogP) is 3.46. The summed E-state index contributed by atoms with van der Waals surface area (Å²) in [6.07, 6.45) is 7.41. The molecule has 10 nitrogen and oxygen atoms in total. The van der Waals surface area contributed by atoms with Gasteiger partial charge < -0.3 is 20.0 Å². The molecule has 0 spiro atoms. The third kappa shape index (κ3) is 7.06. The van der Waals surface area contributed by atoms with E-state index in [9.17, 15) is 13.2 Å². The minimum atomic E-state index is -3.16. The maximum absolute atomic E-state index is 13.5. The van der Waals surface area contributed by atoms with E-state index >= 15 is 0 Å². The molecule has 42 heavy (non-hydrogen) atoms. The normalized spacial score (nSPS) is 21.6. The maximum Gasteiger partial charge on any atom is 0.272 e. The van der Waals surface area contributed by atoms with Crippen molar-refractivity contribution in [1.29, 1.82) is 0 Å². The molecule has 1 unspecified atom stereocenters. The molecule has 4 heterocycles. The minimum absolute atomic E-state index is 0.0191. The average molecular weight is 598 g/mol. The van der Waals surface area contributed by atoms with Crippen LogP contribution < -0.4 is 10.2 Å². The monoisotopic (exact) mass is 597 g/mol. The first-order valence-electron chi connectivity index (χ1n) is 15.6. The Morgan fingerprint density at radius 2 is 1.71 bits per heavy atom. The Balaban J connectivity index is 1.11. The summed E-state index contributed by atoms with van der Waals surface area (Å²) in [5.41, 5.74) is 2.58. The molecular formula is C31H47N7O3S. The number of anilines is 2. The van der Waals surface area contributed by atoms with Crippen LogP contribution >= 0.6 is 0 Å². The summed E-state index contributed by atoms with van der Waals surface area (Å²) in [6.45, 7) is 9.77. The quantitative estimate of drug-likeness (QED) is 0.469. The third-order valence-corrected chi connectivity index (χ3v) is 11.5. The van der Waals surface area contributed by atoms with E-state index in [0.29, 0.717) is 30.7 Å². The number of aromatic nitrogens is 2. The van der Waals surface area contributed by atoms with Gasteiger partial charge in [-0.2, -0.15) is 0 Å². The zero-order valence-electron chi connectivity index (χ0n) is 25.4. The Morgan fingerprint density at radius 3 is 2.40 bits per heavy atom. The van der Waals surface area contributed by atoms with Gasteiger partial charge in [-0.3, -0.25) is 4.79 Å². The first kappa shape index (κ1) is 30.7. The number of nitrogens with one attached hydrogen (secondary N) is 1. The van der Waals surface area contributed by atoms with E-state index in [1.165, 1.54) is 24.9 Å². The summed E-state index contributed by atoms with van der Waals surface area (Å²) in [7, 11) is -1.44. The second-order valence-electron chi connectivity index (χ2n) is 12.1. The van der Waals surface area contributed by atoms with Gasteiger partial charge in [0.05, 0.1) is 5.75 Å². The molecule has 2 aromatic rings. The van der Waals surface area contributed by atoms with E-state index in [-0.39, 0.29) is 17.7 Å². The SMILES string of the molecule is CCS(=O)(=O)N(C)C1CCN(C2CCN(C(=O)c3ncnc(NCC4CCCN(c5ccccc5)C4)c3C)CC2)CC1. The number of benzene rings is 1. The lowest BCUT2D eigenvalue weighted by atomic mass is 9.97. The van der Waals surface area contributed by atoms with Gasteiger partial charge in [0.25, 0.3) is 5.91 Å². The highest BCUT2D eigenvalue weighted by molar-refractivity contribution is 7.89. The van der Waals surface area contributed by atoms with Crippen molar-refractivity contribution in [2.75, 3.05) is 68.8 Å². The van der Waals surface area contributed by atoms with E-state index in [1.807, 2.05) is 11.8 Å². The summed E-state index contributed by atoms with van der Waals surface area (Å²) >= 11 is 0. The number of rotatable bonds is 9. The van der Waals surface area contributed by atoms with Crippen LogP contribution in [0.4, 0.5) is 11.5 Å². The van der Waals surface area contributed by atoms with Crippen molar-refractivity contribution in [1.82, 2.24) is 24.1 Å². The fraction of sp³-hybridized carbons (Fsp3) is 0.645. The topological polar surface area (TPSA) is 102 Å². The van der Waals surface area contributed by atoms with Crippen LogP contribution in [0.5, 0.6) is 0 Å². The van der Waals surface area contributed by atoms with Gasteiger partial charge in [-0.1, -0.05) is 18.2 Å². The molecule has 11 heteroatoms. The van der Waals surface area contributed by atoms with Crippen molar-refractivity contribution in [3.8, 4) is 0 Å². The van der Waals surface area contributed by atoms with Crippen LogP contribution in [-0.2, 0) is 10.0 Å². The Labute approximate surface area is 251 Å². The molecule has 1 atom stereocenters. The molecule has 1 aromatic heterocycles. The fourth-order valence-electron chi connectivity index (χ4n) is 6.82. The zero-order valence-corrected chi connectivity index (χ0v) is 26.2. The van der Waals surface area contributed by atoms with Gasteiger partial charge in [-0.15, -0.1) is 0 Å². The minimum Gasteiger partial charge on any atom is -0.371 e. The van der Waals surface area contributed by atoms with Crippen LogP contribution in [0.2, 0.25) is 0 Å². The molecule has 1 N–H and O–H groups in total. The highest BCUT2D eigenvalue weighted by Crippen LogP contribution is 2.27. The number of hydrogen-bond acceptors (Lipinski definition) is 8. The summed E-state index contributed by atoms with van der Waals surface area (Å²) in [6, 6.07) is 11.1. The smallest absolute Gasteiger partial charge is 0.272 e. The van der Waals surface area contributed by atoms with Crippen molar-refractivity contribution >= 4 is 27.4 Å². The molecule has 3 aliphatic rings. The largest absolute Gasteiger partial charge is 0.371 e. The van der Waals surface area contributed by atoms with Gasteiger partial charge in [0.1, 0.15) is 17.8 Å². The van der Waals surface area contributed by atoms with E-state index in [4.69, 9.17) is 0 Å². The lowest BCUT2D eigenvalue weighted by Gasteiger charge is -2.43. The summed E-state index contributed by atoms with van der Waals surface area (Å²) in [5, 5.41) is 3.53. The standard InChI is InChI=1S/C31H47N7O3S/c1-4-42(40,41)35(3)26-12-17-36(18-13-26)28-14-19-37(20-15-28)31(39)29-24(2)30(34-23-33-29)32-21-25-9-8-16-38(22-25)27-10-6-5-7-11-27/h5-7,10-11,23,25-26,28H,4,8-9,12-22H2,1-3H3,(H,32,33,34). The van der Waals surface area contributed by atoms with Gasteiger partial charge in [-0.25, -0.2) is 22.7 Å². The zero-order chi connectivity index (χ0) is 29.7. The number of nitrogens with zero attached hydrogens (tertiary/aromatic N) is 6. The highest BCUT2D eigenvalue weighted by atomic mass is 32.2. The number of sulfonamides is 1. The lowest BCUT2D eigenvalue weighted by Crippen LogP contribution is -2.52. The maximum atomic E-state index is 13.5. The molecule has 0 saturated carbocycles. The predicted molar refractivity (Wildman–Crippen MR) is 167 cm³/mol. The van der Waals surface area contributed by atoms with E-state index < -0.39 is 10.0 Å². The Hall–Kier alpha value is -2.76. The number of hydrogen-bond donors (Lipinski definition) is 1. The molecule has 5 rings (SSSR count). The average Bonchev–Trinajstić information content (AvgIpc) is 3.04. The van der Waals surface area contributed by atoms with E-state index in [0.717, 1.165) is 69.8 Å². The molecular weight excluding hydrogens is 550 g/mol. The van der Waals surface area contributed by atoms with Crippen molar-refractivity contribution in [2.45, 2.75) is 64.5 Å². The molecule has 0 radical (unpaired) electrons. The first-order valence-corrected chi connectivity index (χ1v) is 17.2. The van der Waals surface area contributed by atoms with E-state index in [1.54, 1.807) is 18.3 Å². The molecule has 3 saturated heterocycles. The molecule has 3 fully saturated rings. The van der Waals surface area contributed by atoms with Gasteiger partial charge in [0.15, 0.2) is 0 Å². The summed E-state index contributed by atoms with van der Waals surface area (Å²) < 4.78 is 26.1. The summed E-state index contributed by atoms with van der Waals surface area (Å²) in [4.78, 5) is 29.3. The van der Waals surface area contributed by atoms with Crippen LogP contribution in [0.25, 0.3) is 0 Å². The molecule has 1 amide bonds. The van der Waals surface area contributed by atoms with Crippen LogP contribution in [0.1, 0.15) is 61.5 Å². The van der Waals surface area contributed by atoms with Gasteiger partial charge in [-0.05, 0) is 83.5 Å². The summed E-state index contributed by atoms with van der Waals surface area (Å²) in [5.74, 6) is 1.38. The molecule has 0 aliphatic carbocycles. The van der Waals surface area contributed by atoms with Crippen molar-refractivity contribution < 1.29 is 13.2 Å². The van der Waals surface area contributed by atoms with Gasteiger partial charge in [0, 0.05) is 63.1 Å². The van der Waals surface area contributed by atoms with E-state index in [2.05, 4.69) is 55.4 Å². The first-order chi connectivity index (χ1) is 20.3. The highest BCUT2D eigenvalue weighted by Gasteiger charge is 2.34. The Kier molecular flexibility index (Phi) is 10.0. The van der Waals surface area contributed by atoms with Crippen LogP contribution in [0, 0.1) is 12.8 Å². The van der Waals surface area contributed by atoms with Crippen LogP contribution in [0.3, 0.4) is 0 Å². The molecule has 230 valence electrons. The second kappa shape index (κ2) is 13.7. The second-order valence-corrected chi connectivity index (χ2v) is 14.4. The Bertz CT molecular complexity index is 1290. The number of piperidine rings is 3. The van der Waals surface area contributed by atoms with Crippen molar-refractivity contribution in [3.63, 3.8) is 0 Å². The molecule has 0 bridgehead atoms. The number of carbonyl (C=O) groups is 1. The lowest BCUT2D eigenvalue weighted by molar-refractivity contribution is 0.0542. The molecule has 1 aromatic carbocycles. The van der Waals surface area contributed by atoms with Gasteiger partial charge >= 0.3 is 0 Å². The number of para-hydroxylation sites is 1. The van der Waals surface area contributed by atoms with Crippen molar-refractivity contribution in [2.24, 2.45) is 5.92 Å². The molecule has 3 aliphatic heterocycles. The number of likely N-dealkylation sites (tertiary alicyclic amines) is 2. The van der Waals surface area contributed by atoms with Crippen molar-refractivity contribution in [3.05, 3.63) is 47.9 Å². The fourth-order valence-corrected chi connectivity index (χ4v) is 7.89. The van der Waals surface area contributed by atoms with Crippen LogP contribution in [0.15, 0.2) is 36.7 Å². The number of carbonyl (C=O) groups excluding carboxylic acids is 1. The third-order valence-electron chi connectivity index (χ3n) is 9.57. The Morgan fingerprint density at radius 1 is 1.00 bits per heavy atom. The van der Waals surface area contributed by atoms with Gasteiger partial charge in [0.2, 0.25) is 10.0 Å². The number of amides is 1.